The number of aliphatic hydroxyl groups is 1. The Labute approximate surface area is 235 Å². The zero-order valence-corrected chi connectivity index (χ0v) is 22.9. The van der Waals surface area contributed by atoms with Crippen molar-refractivity contribution in [1.82, 2.24) is 9.80 Å². The number of halogens is 2. The minimum atomic E-state index is -0.422. The maximum absolute atomic E-state index is 14.4. The Morgan fingerprint density at radius 2 is 2.02 bits per heavy atom. The van der Waals surface area contributed by atoms with Crippen molar-refractivity contribution in [3.63, 3.8) is 0 Å². The highest BCUT2D eigenvalue weighted by Gasteiger charge is 2.58. The molecule has 212 valence electrons. The van der Waals surface area contributed by atoms with Crippen LogP contribution >= 0.6 is 0 Å². The van der Waals surface area contributed by atoms with Gasteiger partial charge in [-0.2, -0.15) is 5.26 Å². The van der Waals surface area contributed by atoms with E-state index in [4.69, 9.17) is 0 Å². The van der Waals surface area contributed by atoms with Gasteiger partial charge in [-0.25, -0.2) is 9.18 Å². The molecule has 0 bridgehead atoms. The maximum atomic E-state index is 14.4. The van der Waals surface area contributed by atoms with Gasteiger partial charge < -0.3 is 15.3 Å². The third kappa shape index (κ3) is 6.06. The zero-order chi connectivity index (χ0) is 28.1. The van der Waals surface area contributed by atoms with Crippen LogP contribution in [0.5, 0.6) is 0 Å². The van der Waals surface area contributed by atoms with Crippen molar-refractivity contribution in [3.05, 3.63) is 71.0 Å². The van der Waals surface area contributed by atoms with E-state index in [0.29, 0.717) is 55.3 Å². The number of allylic oxidation sites excluding steroid dienone is 2. The van der Waals surface area contributed by atoms with Gasteiger partial charge in [0.05, 0.1) is 24.9 Å². The number of nitrogens with zero attached hydrogens (tertiary/aromatic N) is 3. The molecule has 0 radical (unpaired) electrons. The lowest BCUT2D eigenvalue weighted by molar-refractivity contribution is 0.134. The molecule has 3 aliphatic rings. The first-order valence-electron chi connectivity index (χ1n) is 14.4. The van der Waals surface area contributed by atoms with Gasteiger partial charge >= 0.3 is 6.03 Å². The number of hydrogen-bond acceptors (Lipinski definition) is 4. The number of carbonyl (C=O) groups is 1. The first-order chi connectivity index (χ1) is 19.5. The summed E-state index contributed by atoms with van der Waals surface area (Å²) < 4.78 is 27.3. The largest absolute Gasteiger partial charge is 0.395 e. The summed E-state index contributed by atoms with van der Waals surface area (Å²) in [4.78, 5) is 17.6. The summed E-state index contributed by atoms with van der Waals surface area (Å²) >= 11 is 0. The number of aliphatic hydroxyl groups excluding tert-OH is 1. The zero-order valence-electron chi connectivity index (χ0n) is 22.9. The maximum Gasteiger partial charge on any atom is 0.322 e. The summed E-state index contributed by atoms with van der Waals surface area (Å²) in [6, 6.07) is 14.7. The number of alkyl halides is 1. The lowest BCUT2D eigenvalue weighted by Crippen LogP contribution is -2.48. The number of nitrogens with one attached hydrogen (secondary N) is 1. The SMILES string of the molecule is N#Cc1cccc([C@]23CC[C@@H](N(CCN(CCO)CCCF)C(=O)Nc4ccc(F)c(C5=CCC5)c4)CC2C3)c1. The van der Waals surface area contributed by atoms with E-state index in [9.17, 15) is 23.9 Å². The summed E-state index contributed by atoms with van der Waals surface area (Å²) in [5.74, 6) is 0.157. The number of hydrogen-bond donors (Lipinski definition) is 2. The van der Waals surface area contributed by atoms with Crippen molar-refractivity contribution in [3.8, 4) is 6.07 Å². The molecule has 0 saturated heterocycles. The molecule has 0 aliphatic heterocycles. The van der Waals surface area contributed by atoms with Crippen LogP contribution in [-0.2, 0) is 5.41 Å². The minimum absolute atomic E-state index is 0.0253. The fourth-order valence-electron chi connectivity index (χ4n) is 6.58. The average Bonchev–Trinajstić information content (AvgIpc) is 3.68. The van der Waals surface area contributed by atoms with E-state index in [1.54, 1.807) is 12.1 Å². The number of nitriles is 1. The van der Waals surface area contributed by atoms with Gasteiger partial charge in [0, 0.05) is 43.5 Å². The van der Waals surface area contributed by atoms with Gasteiger partial charge in [0.15, 0.2) is 0 Å². The van der Waals surface area contributed by atoms with Gasteiger partial charge in [0.1, 0.15) is 5.82 Å². The Balaban J connectivity index is 1.31. The van der Waals surface area contributed by atoms with Crippen molar-refractivity contribution >= 4 is 17.3 Å². The van der Waals surface area contributed by atoms with Gasteiger partial charge in [-0.15, -0.1) is 0 Å². The summed E-state index contributed by atoms with van der Waals surface area (Å²) in [5.41, 5.74) is 4.04. The molecular formula is C32H38F2N4O2. The molecule has 2 fully saturated rings. The van der Waals surface area contributed by atoms with Crippen LogP contribution in [0.25, 0.3) is 5.57 Å². The van der Waals surface area contributed by atoms with Crippen LogP contribution in [0, 0.1) is 23.1 Å². The number of anilines is 1. The van der Waals surface area contributed by atoms with Crippen LogP contribution < -0.4 is 5.32 Å². The summed E-state index contributed by atoms with van der Waals surface area (Å²) in [5, 5.41) is 21.9. The molecule has 3 aliphatic carbocycles. The predicted molar refractivity (Wildman–Crippen MR) is 152 cm³/mol. The van der Waals surface area contributed by atoms with Crippen LogP contribution in [-0.4, -0.2) is 66.4 Å². The minimum Gasteiger partial charge on any atom is -0.395 e. The van der Waals surface area contributed by atoms with Crippen molar-refractivity contribution in [1.29, 1.82) is 5.26 Å². The highest BCUT2D eigenvalue weighted by molar-refractivity contribution is 5.90. The number of amides is 2. The molecule has 0 heterocycles. The molecule has 8 heteroatoms. The highest BCUT2D eigenvalue weighted by Crippen LogP contribution is 2.62. The fraction of sp³-hybridized carbons (Fsp3) is 0.500. The standard InChI is InChI=1S/C32H38F2N4O2/c33-12-3-13-37(16-17-39)14-15-38(31(40)36-27-8-9-30(34)29(20-27)24-5-2-6-24)28-10-11-32(21-26(32)19-28)25-7-1-4-23(18-25)22-35/h1,4-5,7-9,18,20,26,28,39H,2-3,6,10-17,19,21H2,(H,36,40)/t26?,28-,32-/m1/s1. The molecule has 3 atom stereocenters. The number of rotatable bonds is 12. The molecule has 5 rings (SSSR count). The molecular weight excluding hydrogens is 510 g/mol. The number of fused-ring (bicyclic) bond motifs is 1. The molecule has 0 spiro atoms. The number of carbonyl (C=O) groups excluding carboxylic acids is 1. The van der Waals surface area contributed by atoms with Crippen molar-refractivity contribution in [2.24, 2.45) is 5.92 Å². The first-order valence-corrected chi connectivity index (χ1v) is 14.4. The number of urea groups is 1. The Morgan fingerprint density at radius 3 is 2.73 bits per heavy atom. The van der Waals surface area contributed by atoms with Gasteiger partial charge in [-0.3, -0.25) is 9.29 Å². The Morgan fingerprint density at radius 1 is 1.18 bits per heavy atom. The quantitative estimate of drug-likeness (QED) is 0.348. The van der Waals surface area contributed by atoms with E-state index in [2.05, 4.69) is 17.5 Å². The van der Waals surface area contributed by atoms with Gasteiger partial charge in [-0.05, 0) is 97.7 Å². The van der Waals surface area contributed by atoms with Gasteiger partial charge in [-0.1, -0.05) is 18.2 Å². The topological polar surface area (TPSA) is 79.6 Å². The third-order valence-electron chi connectivity index (χ3n) is 9.03. The van der Waals surface area contributed by atoms with E-state index in [1.807, 2.05) is 34.1 Å². The molecule has 2 aromatic rings. The second-order valence-corrected chi connectivity index (χ2v) is 11.4. The molecule has 40 heavy (non-hydrogen) atoms. The van der Waals surface area contributed by atoms with E-state index in [0.717, 1.165) is 44.1 Å². The van der Waals surface area contributed by atoms with E-state index in [1.165, 1.54) is 11.6 Å². The first kappa shape index (κ1) is 28.3. The fourth-order valence-corrected chi connectivity index (χ4v) is 6.58. The Hall–Kier alpha value is -3.28. The molecule has 0 aromatic heterocycles. The molecule has 2 amide bonds. The Bertz CT molecular complexity index is 1290. The van der Waals surface area contributed by atoms with Crippen molar-refractivity contribution in [2.75, 3.05) is 44.8 Å². The number of benzene rings is 2. The monoisotopic (exact) mass is 548 g/mol. The average molecular weight is 549 g/mol. The van der Waals surface area contributed by atoms with Gasteiger partial charge in [0.25, 0.3) is 0 Å². The van der Waals surface area contributed by atoms with Crippen LogP contribution in [0.3, 0.4) is 0 Å². The Kier molecular flexibility index (Phi) is 8.82. The molecule has 1 unspecified atom stereocenters. The predicted octanol–water partition coefficient (Wildman–Crippen LogP) is 5.87. The van der Waals surface area contributed by atoms with E-state index in [-0.39, 0.29) is 29.9 Å². The van der Waals surface area contributed by atoms with E-state index >= 15 is 0 Å². The smallest absolute Gasteiger partial charge is 0.322 e. The lowest BCUT2D eigenvalue weighted by Gasteiger charge is -2.38. The molecule has 2 saturated carbocycles. The summed E-state index contributed by atoms with van der Waals surface area (Å²) in [7, 11) is 0. The van der Waals surface area contributed by atoms with E-state index < -0.39 is 6.67 Å². The lowest BCUT2D eigenvalue weighted by atomic mass is 9.80. The second kappa shape index (κ2) is 12.5. The summed E-state index contributed by atoms with van der Waals surface area (Å²) in [6.07, 6.45) is 7.88. The molecule has 2 N–H and O–H groups in total. The van der Waals surface area contributed by atoms with Gasteiger partial charge in [0.2, 0.25) is 0 Å². The highest BCUT2D eigenvalue weighted by atomic mass is 19.1. The van der Waals surface area contributed by atoms with Crippen molar-refractivity contribution in [2.45, 2.75) is 56.4 Å². The van der Waals surface area contributed by atoms with Crippen LogP contribution in [0.4, 0.5) is 19.3 Å². The van der Waals surface area contributed by atoms with Crippen LogP contribution in [0.15, 0.2) is 48.5 Å². The normalized spacial score (nSPS) is 23.0. The van der Waals surface area contributed by atoms with Crippen LogP contribution in [0.1, 0.15) is 61.6 Å². The third-order valence-corrected chi connectivity index (χ3v) is 9.03. The molecule has 2 aromatic carbocycles. The summed E-state index contributed by atoms with van der Waals surface area (Å²) in [6.45, 7) is 1.49. The molecule has 6 nitrogen and oxygen atoms in total. The van der Waals surface area contributed by atoms with Crippen LogP contribution in [0.2, 0.25) is 0 Å². The second-order valence-electron chi connectivity index (χ2n) is 11.4. The van der Waals surface area contributed by atoms with Crippen molar-refractivity contribution < 1.29 is 18.7 Å².